The molecule has 1 N–H and O–H groups in total. The number of benzene rings is 3. The van der Waals surface area contributed by atoms with E-state index in [0.717, 1.165) is 44.0 Å². The third-order valence-electron chi connectivity index (χ3n) is 6.23. The highest BCUT2D eigenvalue weighted by Gasteiger charge is 2.16. The van der Waals surface area contributed by atoms with Gasteiger partial charge in [-0.15, -0.1) is 0 Å². The van der Waals surface area contributed by atoms with E-state index in [1.165, 1.54) is 33.6 Å². The van der Waals surface area contributed by atoms with E-state index in [9.17, 15) is 0 Å². The minimum Gasteiger partial charge on any atom is -0.385 e. The van der Waals surface area contributed by atoms with Crippen molar-refractivity contribution in [2.75, 3.05) is 47.8 Å². The first-order valence-corrected chi connectivity index (χ1v) is 12.0. The van der Waals surface area contributed by atoms with Gasteiger partial charge in [0.1, 0.15) is 0 Å². The molecule has 0 unspecified atom stereocenters. The first kappa shape index (κ1) is 23.7. The van der Waals surface area contributed by atoms with E-state index in [1.807, 2.05) is 0 Å². The van der Waals surface area contributed by atoms with Crippen LogP contribution >= 0.6 is 0 Å². The van der Waals surface area contributed by atoms with Crippen LogP contribution < -0.4 is 15.1 Å². The Hall–Kier alpha value is -2.94. The van der Waals surface area contributed by atoms with Crippen molar-refractivity contribution in [1.29, 1.82) is 0 Å². The third-order valence-corrected chi connectivity index (χ3v) is 6.23. The summed E-state index contributed by atoms with van der Waals surface area (Å²) < 4.78 is 0. The summed E-state index contributed by atoms with van der Waals surface area (Å²) in [6.45, 7) is 20.3. The van der Waals surface area contributed by atoms with Gasteiger partial charge in [0.05, 0.1) is 0 Å². The molecule has 3 heteroatoms. The van der Waals surface area contributed by atoms with Gasteiger partial charge in [-0.25, -0.2) is 0 Å². The lowest BCUT2D eigenvalue weighted by molar-refractivity contribution is 0.866. The Bertz CT molecular complexity index is 982. The zero-order valence-electron chi connectivity index (χ0n) is 20.4. The number of nitrogens with zero attached hydrogens (tertiary/aromatic N) is 2. The molecule has 0 aliphatic carbocycles. The van der Waals surface area contributed by atoms with Crippen LogP contribution in [0.25, 0.3) is 22.3 Å². The number of anilines is 3. The number of rotatable bonds is 10. The zero-order chi connectivity index (χ0) is 23.1. The van der Waals surface area contributed by atoms with Crippen LogP contribution in [0.2, 0.25) is 0 Å². The van der Waals surface area contributed by atoms with Crippen LogP contribution in [0, 0.1) is 6.92 Å². The Morgan fingerprint density at radius 1 is 0.594 bits per heavy atom. The first-order valence-electron chi connectivity index (χ1n) is 12.0. The monoisotopic (exact) mass is 428 g/mol. The molecule has 3 nitrogen and oxygen atoms in total. The topological polar surface area (TPSA) is 18.5 Å². The molecule has 0 heterocycles. The predicted molar refractivity (Wildman–Crippen MR) is 143 cm³/mol. The van der Waals surface area contributed by atoms with Crippen molar-refractivity contribution in [3.8, 4) is 22.3 Å². The molecule has 0 aromatic heterocycles. The second-order valence-corrected chi connectivity index (χ2v) is 7.99. The molecule has 0 spiro atoms. The van der Waals surface area contributed by atoms with Gasteiger partial charge in [0, 0.05) is 55.3 Å². The van der Waals surface area contributed by atoms with E-state index < -0.39 is 0 Å². The Balaban J connectivity index is 2.12. The molecular weight excluding hydrogens is 390 g/mol. The predicted octanol–water partition coefficient (Wildman–Crippen LogP) is 7.33. The molecule has 0 amide bonds. The lowest BCUT2D eigenvalue weighted by Crippen LogP contribution is -2.21. The normalized spacial score (nSPS) is 10.8. The largest absolute Gasteiger partial charge is 0.385 e. The van der Waals surface area contributed by atoms with Crippen LogP contribution in [0.5, 0.6) is 0 Å². The maximum absolute atomic E-state index is 4.40. The Kier molecular flexibility index (Phi) is 8.21. The van der Waals surface area contributed by atoms with Crippen LogP contribution in [0.1, 0.15) is 40.2 Å². The third kappa shape index (κ3) is 4.93. The lowest BCUT2D eigenvalue weighted by Gasteiger charge is -2.23. The smallest absolute Gasteiger partial charge is 0.0426 e. The van der Waals surface area contributed by atoms with Crippen molar-refractivity contribution in [2.45, 2.75) is 34.6 Å². The summed E-state index contributed by atoms with van der Waals surface area (Å²) >= 11 is 0. The average Bonchev–Trinajstić information content (AvgIpc) is 2.83. The molecule has 0 aliphatic heterocycles. The molecule has 0 bridgehead atoms. The number of hydrogen-bond acceptors (Lipinski definition) is 3. The van der Waals surface area contributed by atoms with Gasteiger partial charge in [-0.3, -0.25) is 0 Å². The Labute approximate surface area is 195 Å². The maximum Gasteiger partial charge on any atom is 0.0426 e. The second kappa shape index (κ2) is 11.1. The molecular formula is C29H38N3. The highest BCUT2D eigenvalue weighted by Crippen LogP contribution is 2.41. The minimum absolute atomic E-state index is 0.876. The highest BCUT2D eigenvalue weighted by atomic mass is 15.1. The molecule has 3 aromatic rings. The molecule has 0 atom stereocenters. The van der Waals surface area contributed by atoms with Crippen molar-refractivity contribution < 1.29 is 0 Å². The van der Waals surface area contributed by atoms with Gasteiger partial charge in [0.2, 0.25) is 0 Å². The molecule has 1 radical (unpaired) electrons. The van der Waals surface area contributed by atoms with E-state index in [2.05, 4.69) is 117 Å². The van der Waals surface area contributed by atoms with Crippen LogP contribution in [0.4, 0.5) is 17.1 Å². The maximum atomic E-state index is 4.40. The van der Waals surface area contributed by atoms with Crippen LogP contribution in [0.3, 0.4) is 0 Å². The van der Waals surface area contributed by atoms with Crippen LogP contribution in [-0.2, 0) is 0 Å². The molecule has 32 heavy (non-hydrogen) atoms. The lowest BCUT2D eigenvalue weighted by atomic mass is 9.89. The quantitative estimate of drug-likeness (QED) is 0.365. The van der Waals surface area contributed by atoms with Gasteiger partial charge in [-0.2, -0.15) is 0 Å². The molecule has 3 rings (SSSR count). The van der Waals surface area contributed by atoms with E-state index in [0.29, 0.717) is 0 Å². The molecule has 3 aromatic carbocycles. The van der Waals surface area contributed by atoms with Gasteiger partial charge in [-0.1, -0.05) is 30.3 Å². The van der Waals surface area contributed by atoms with Crippen molar-refractivity contribution >= 4 is 17.1 Å². The summed E-state index contributed by atoms with van der Waals surface area (Å²) in [6, 6.07) is 22.2. The van der Waals surface area contributed by atoms with E-state index in [4.69, 9.17) is 0 Å². The average molecular weight is 429 g/mol. The summed E-state index contributed by atoms with van der Waals surface area (Å²) in [7, 11) is 0. The van der Waals surface area contributed by atoms with Crippen LogP contribution in [0.15, 0.2) is 60.7 Å². The minimum atomic E-state index is 0.876. The van der Waals surface area contributed by atoms with E-state index >= 15 is 0 Å². The Morgan fingerprint density at radius 3 is 1.44 bits per heavy atom. The van der Waals surface area contributed by atoms with Crippen LogP contribution in [-0.4, -0.2) is 32.7 Å². The summed E-state index contributed by atoms with van der Waals surface area (Å²) in [6.07, 6.45) is 0. The first-order chi connectivity index (χ1) is 15.6. The molecule has 0 saturated carbocycles. The molecule has 0 saturated heterocycles. The molecule has 0 aliphatic rings. The van der Waals surface area contributed by atoms with Crippen molar-refractivity contribution in [3.05, 3.63) is 73.2 Å². The van der Waals surface area contributed by atoms with Gasteiger partial charge < -0.3 is 15.1 Å². The fourth-order valence-corrected chi connectivity index (χ4v) is 4.47. The van der Waals surface area contributed by atoms with E-state index in [1.54, 1.807) is 0 Å². The van der Waals surface area contributed by atoms with Crippen molar-refractivity contribution in [2.24, 2.45) is 0 Å². The fourth-order valence-electron chi connectivity index (χ4n) is 4.47. The number of nitrogens with one attached hydrogen (secondary N) is 1. The molecule has 169 valence electrons. The fraction of sp³-hybridized carbons (Fsp3) is 0.345. The van der Waals surface area contributed by atoms with Gasteiger partial charge >= 0.3 is 0 Å². The Morgan fingerprint density at radius 2 is 1.03 bits per heavy atom. The van der Waals surface area contributed by atoms with E-state index in [-0.39, 0.29) is 0 Å². The second-order valence-electron chi connectivity index (χ2n) is 7.99. The SMILES string of the molecule is [CH2]c1ccc(NCC)c(-c2ccc(N(CC)CC)cc2)c1-c1ccc(N(CC)CC)cc1. The summed E-state index contributed by atoms with van der Waals surface area (Å²) in [5.74, 6) is 0. The highest BCUT2D eigenvalue weighted by molar-refractivity contribution is 5.94. The zero-order valence-corrected chi connectivity index (χ0v) is 20.4. The van der Waals surface area contributed by atoms with Crippen molar-refractivity contribution in [3.63, 3.8) is 0 Å². The van der Waals surface area contributed by atoms with Crippen molar-refractivity contribution in [1.82, 2.24) is 0 Å². The summed E-state index contributed by atoms with van der Waals surface area (Å²) in [5, 5.41) is 3.57. The summed E-state index contributed by atoms with van der Waals surface area (Å²) in [5.41, 5.74) is 9.56. The standard InChI is InChI=1S/C29H38N3/c1-7-30-27-21-12-22(6)28(23-13-17-25(18-14-23)31(8-2)9-3)29(27)24-15-19-26(20-16-24)32(10-4)11-5/h12-21,30H,6-11H2,1-5H3. The van der Waals surface area contributed by atoms with Gasteiger partial charge in [0.15, 0.2) is 0 Å². The van der Waals surface area contributed by atoms with Gasteiger partial charge in [-0.05, 0) is 94.1 Å². The van der Waals surface area contributed by atoms with Gasteiger partial charge in [0.25, 0.3) is 0 Å². The number of hydrogen-bond donors (Lipinski definition) is 1. The summed E-state index contributed by atoms with van der Waals surface area (Å²) in [4.78, 5) is 4.75. The molecule has 0 fully saturated rings.